The number of aromatic amines is 1. The van der Waals surface area contributed by atoms with Gasteiger partial charge < -0.3 is 15.2 Å². The van der Waals surface area contributed by atoms with Gasteiger partial charge in [0.25, 0.3) is 0 Å². The van der Waals surface area contributed by atoms with Gasteiger partial charge in [-0.25, -0.2) is 15.0 Å². The smallest absolute Gasteiger partial charge is 0.216 e. The van der Waals surface area contributed by atoms with Crippen molar-refractivity contribution in [2.45, 2.75) is 13.3 Å². The Morgan fingerprint density at radius 2 is 2.28 bits per heavy atom. The zero-order chi connectivity index (χ0) is 13.0. The molecule has 0 spiro atoms. The number of H-pyrrole nitrogens is 1. The van der Waals surface area contributed by atoms with E-state index < -0.39 is 0 Å². The molecule has 2 N–H and O–H groups in total. The fraction of sp³-hybridized carbons (Fsp3) is 0.455. The number of aromatic nitrogens is 4. The summed E-state index contributed by atoms with van der Waals surface area (Å²) < 4.78 is 0. The molecule has 1 amide bonds. The maximum absolute atomic E-state index is 10.7. The van der Waals surface area contributed by atoms with Gasteiger partial charge in [-0.3, -0.25) is 4.79 Å². The summed E-state index contributed by atoms with van der Waals surface area (Å²) >= 11 is 0. The van der Waals surface area contributed by atoms with Gasteiger partial charge in [0.15, 0.2) is 11.5 Å². The molecule has 0 aliphatic rings. The van der Waals surface area contributed by atoms with E-state index in [1.165, 1.54) is 13.3 Å². The van der Waals surface area contributed by atoms with E-state index in [1.807, 2.05) is 11.9 Å². The van der Waals surface area contributed by atoms with E-state index in [0.717, 1.165) is 24.3 Å². The number of amides is 1. The molecule has 0 bridgehead atoms. The fourth-order valence-corrected chi connectivity index (χ4v) is 1.73. The molecule has 0 aliphatic heterocycles. The molecule has 2 aromatic rings. The van der Waals surface area contributed by atoms with Crippen molar-refractivity contribution in [2.75, 3.05) is 25.0 Å². The van der Waals surface area contributed by atoms with Crippen LogP contribution in [0.3, 0.4) is 0 Å². The van der Waals surface area contributed by atoms with Crippen LogP contribution in [0.25, 0.3) is 11.2 Å². The Bertz CT molecular complexity index is 537. The number of imidazole rings is 1. The third-order valence-corrected chi connectivity index (χ3v) is 2.61. The van der Waals surface area contributed by atoms with Gasteiger partial charge in [0.1, 0.15) is 11.8 Å². The summed E-state index contributed by atoms with van der Waals surface area (Å²) in [5.74, 6) is 0.816. The lowest BCUT2D eigenvalue weighted by molar-refractivity contribution is -0.118. The molecule has 0 aliphatic carbocycles. The van der Waals surface area contributed by atoms with Crippen LogP contribution in [-0.2, 0) is 4.79 Å². The normalized spacial score (nSPS) is 10.6. The van der Waals surface area contributed by atoms with Gasteiger partial charge in [-0.15, -0.1) is 0 Å². The van der Waals surface area contributed by atoms with Crippen molar-refractivity contribution in [1.29, 1.82) is 0 Å². The van der Waals surface area contributed by atoms with Crippen LogP contribution in [0.5, 0.6) is 0 Å². The zero-order valence-corrected chi connectivity index (χ0v) is 10.5. The van der Waals surface area contributed by atoms with E-state index in [9.17, 15) is 4.79 Å². The molecule has 0 unspecified atom stereocenters. The average molecular weight is 248 g/mol. The fourth-order valence-electron chi connectivity index (χ4n) is 1.73. The topological polar surface area (TPSA) is 86.8 Å². The second kappa shape index (κ2) is 5.44. The van der Waals surface area contributed by atoms with E-state index in [-0.39, 0.29) is 5.91 Å². The minimum Gasteiger partial charge on any atom is -0.358 e. The summed E-state index contributed by atoms with van der Waals surface area (Å²) in [6.45, 7) is 2.98. The maximum Gasteiger partial charge on any atom is 0.216 e. The molecule has 7 heteroatoms. The highest BCUT2D eigenvalue weighted by Crippen LogP contribution is 2.17. The zero-order valence-electron chi connectivity index (χ0n) is 10.5. The highest BCUT2D eigenvalue weighted by molar-refractivity contribution is 5.82. The Balaban J connectivity index is 1.98. The number of carbonyl (C=O) groups excluding carboxylic acids is 1. The Hall–Kier alpha value is -2.18. The van der Waals surface area contributed by atoms with Gasteiger partial charge in [-0.05, 0) is 6.42 Å². The van der Waals surface area contributed by atoms with Gasteiger partial charge in [0.2, 0.25) is 5.91 Å². The first-order valence-corrected chi connectivity index (χ1v) is 5.78. The predicted octanol–water partition coefficient (Wildman–Crippen LogP) is 0.315. The molecule has 2 aromatic heterocycles. The SMILES string of the molecule is CC(=O)NCCCN(C)c1ncnc2nc[nH]c12. The van der Waals surface area contributed by atoms with Crippen LogP contribution < -0.4 is 10.2 Å². The largest absolute Gasteiger partial charge is 0.358 e. The van der Waals surface area contributed by atoms with Crippen LogP contribution in [0.1, 0.15) is 13.3 Å². The average Bonchev–Trinajstić information content (AvgIpc) is 2.82. The van der Waals surface area contributed by atoms with E-state index in [4.69, 9.17) is 0 Å². The molecular formula is C11H16N6O. The number of hydrogen-bond donors (Lipinski definition) is 2. The molecule has 0 radical (unpaired) electrons. The number of fused-ring (bicyclic) bond motifs is 1. The highest BCUT2D eigenvalue weighted by atomic mass is 16.1. The molecule has 0 aromatic carbocycles. The van der Waals surface area contributed by atoms with Crippen LogP contribution in [0.15, 0.2) is 12.7 Å². The number of anilines is 1. The highest BCUT2D eigenvalue weighted by Gasteiger charge is 2.09. The first-order valence-electron chi connectivity index (χ1n) is 5.78. The van der Waals surface area contributed by atoms with Crippen LogP contribution in [0.4, 0.5) is 5.82 Å². The molecule has 7 nitrogen and oxygen atoms in total. The maximum atomic E-state index is 10.7. The Morgan fingerprint density at radius 1 is 1.44 bits per heavy atom. The Labute approximate surface area is 105 Å². The van der Waals surface area contributed by atoms with Crippen molar-refractivity contribution >= 4 is 22.9 Å². The summed E-state index contributed by atoms with van der Waals surface area (Å²) in [6.07, 6.45) is 3.96. The van der Waals surface area contributed by atoms with Gasteiger partial charge in [0, 0.05) is 27.1 Å². The summed E-state index contributed by atoms with van der Waals surface area (Å²) in [6, 6.07) is 0. The van der Waals surface area contributed by atoms with E-state index in [1.54, 1.807) is 6.33 Å². The number of carbonyl (C=O) groups is 1. The van der Waals surface area contributed by atoms with Crippen LogP contribution in [-0.4, -0.2) is 46.0 Å². The van der Waals surface area contributed by atoms with Crippen LogP contribution >= 0.6 is 0 Å². The summed E-state index contributed by atoms with van der Waals surface area (Å²) in [4.78, 5) is 28.2. The molecule has 0 atom stereocenters. The second-order valence-electron chi connectivity index (χ2n) is 4.06. The molecule has 0 saturated carbocycles. The third kappa shape index (κ3) is 2.73. The lowest BCUT2D eigenvalue weighted by Crippen LogP contribution is -2.26. The standard InChI is InChI=1S/C11H16N6O/c1-8(18)12-4-3-5-17(2)11-9-10(14-6-13-9)15-7-16-11/h6-7H,3-5H2,1-2H3,(H,12,18)(H,13,14,15,16). The second-order valence-corrected chi connectivity index (χ2v) is 4.06. The molecule has 0 fully saturated rings. The summed E-state index contributed by atoms with van der Waals surface area (Å²) in [7, 11) is 1.95. The monoisotopic (exact) mass is 248 g/mol. The van der Waals surface area contributed by atoms with Crippen molar-refractivity contribution in [1.82, 2.24) is 25.3 Å². The van der Waals surface area contributed by atoms with Gasteiger partial charge in [-0.1, -0.05) is 0 Å². The van der Waals surface area contributed by atoms with Gasteiger partial charge in [-0.2, -0.15) is 0 Å². The predicted molar refractivity (Wildman–Crippen MR) is 68.3 cm³/mol. The van der Waals surface area contributed by atoms with E-state index >= 15 is 0 Å². The van der Waals surface area contributed by atoms with E-state index in [2.05, 4.69) is 25.3 Å². The minimum absolute atomic E-state index is 0.00403. The van der Waals surface area contributed by atoms with Gasteiger partial charge >= 0.3 is 0 Å². The Kier molecular flexibility index (Phi) is 3.71. The quantitative estimate of drug-likeness (QED) is 0.744. The molecule has 0 saturated heterocycles. The van der Waals surface area contributed by atoms with Crippen LogP contribution in [0, 0.1) is 0 Å². The number of nitrogens with zero attached hydrogens (tertiary/aromatic N) is 4. The summed E-state index contributed by atoms with van der Waals surface area (Å²) in [5, 5.41) is 2.77. The Morgan fingerprint density at radius 3 is 3.06 bits per heavy atom. The first-order chi connectivity index (χ1) is 8.68. The summed E-state index contributed by atoms with van der Waals surface area (Å²) in [5.41, 5.74) is 1.49. The molecule has 18 heavy (non-hydrogen) atoms. The van der Waals surface area contributed by atoms with Crippen molar-refractivity contribution in [3.63, 3.8) is 0 Å². The van der Waals surface area contributed by atoms with E-state index in [0.29, 0.717) is 12.2 Å². The van der Waals surface area contributed by atoms with Crippen molar-refractivity contribution < 1.29 is 4.79 Å². The molecular weight excluding hydrogens is 232 g/mol. The lowest BCUT2D eigenvalue weighted by Gasteiger charge is -2.18. The molecule has 2 rings (SSSR count). The number of hydrogen-bond acceptors (Lipinski definition) is 5. The minimum atomic E-state index is -0.00403. The number of nitrogens with one attached hydrogen (secondary N) is 2. The van der Waals surface area contributed by atoms with Crippen molar-refractivity contribution in [2.24, 2.45) is 0 Å². The van der Waals surface area contributed by atoms with Crippen molar-refractivity contribution in [3.8, 4) is 0 Å². The number of rotatable bonds is 5. The molecule has 2 heterocycles. The molecule has 96 valence electrons. The van der Waals surface area contributed by atoms with Crippen LogP contribution in [0.2, 0.25) is 0 Å². The van der Waals surface area contributed by atoms with Gasteiger partial charge in [0.05, 0.1) is 6.33 Å². The lowest BCUT2D eigenvalue weighted by atomic mass is 10.3. The first kappa shape index (κ1) is 12.3. The third-order valence-electron chi connectivity index (χ3n) is 2.61. The van der Waals surface area contributed by atoms with Crippen molar-refractivity contribution in [3.05, 3.63) is 12.7 Å².